The minimum absolute atomic E-state index is 0.317. The molecule has 0 aliphatic heterocycles. The van der Waals surface area contributed by atoms with E-state index >= 15 is 0 Å². The third-order valence-electron chi connectivity index (χ3n) is 3.42. The molecule has 1 aromatic carbocycles. The third-order valence-corrected chi connectivity index (χ3v) is 3.78. The van der Waals surface area contributed by atoms with Gasteiger partial charge < -0.3 is 5.73 Å². The molecule has 3 nitrogen and oxygen atoms in total. The van der Waals surface area contributed by atoms with Crippen molar-refractivity contribution in [2.75, 3.05) is 0 Å². The number of nitrogens with two attached hydrogens (primary N) is 1. The van der Waals surface area contributed by atoms with Gasteiger partial charge in [-0.3, -0.25) is 4.68 Å². The molecule has 0 saturated carbocycles. The van der Waals surface area contributed by atoms with E-state index in [1.54, 1.807) is 16.8 Å². The zero-order chi connectivity index (χ0) is 14.2. The van der Waals surface area contributed by atoms with E-state index in [0.717, 1.165) is 17.0 Å². The molecular weight excluding hydrogens is 265 g/mol. The smallest absolute Gasteiger partial charge is 0.127 e. The van der Waals surface area contributed by atoms with Crippen LogP contribution in [0.2, 0.25) is 5.02 Å². The van der Waals surface area contributed by atoms with E-state index in [2.05, 4.69) is 5.10 Å². The summed E-state index contributed by atoms with van der Waals surface area (Å²) in [6.45, 7) is 3.86. The lowest BCUT2D eigenvalue weighted by atomic mass is 9.98. The van der Waals surface area contributed by atoms with Crippen LogP contribution in [0.3, 0.4) is 0 Å². The molecule has 0 spiro atoms. The fourth-order valence-electron chi connectivity index (χ4n) is 2.38. The number of hydrogen-bond acceptors (Lipinski definition) is 2. The maximum atomic E-state index is 13.8. The van der Waals surface area contributed by atoms with Crippen molar-refractivity contribution in [1.82, 2.24) is 9.78 Å². The van der Waals surface area contributed by atoms with Crippen LogP contribution >= 0.6 is 11.6 Å². The van der Waals surface area contributed by atoms with Crippen molar-refractivity contribution in [3.05, 3.63) is 51.6 Å². The first kappa shape index (κ1) is 14.0. The summed E-state index contributed by atoms with van der Waals surface area (Å²) >= 11 is 6.03. The Morgan fingerprint density at radius 1 is 1.42 bits per heavy atom. The number of nitrogens with zero attached hydrogens (tertiary/aromatic N) is 2. The van der Waals surface area contributed by atoms with Gasteiger partial charge in [-0.25, -0.2) is 4.39 Å². The van der Waals surface area contributed by atoms with E-state index in [9.17, 15) is 4.39 Å². The molecule has 0 aliphatic carbocycles. The average molecular weight is 282 g/mol. The van der Waals surface area contributed by atoms with Gasteiger partial charge in [-0.1, -0.05) is 17.7 Å². The highest BCUT2D eigenvalue weighted by atomic mass is 35.5. The summed E-state index contributed by atoms with van der Waals surface area (Å²) in [6, 6.07) is 4.35. The maximum Gasteiger partial charge on any atom is 0.127 e. The molecule has 5 heteroatoms. The van der Waals surface area contributed by atoms with E-state index in [1.165, 1.54) is 6.07 Å². The van der Waals surface area contributed by atoms with Gasteiger partial charge in [0.05, 0.1) is 5.69 Å². The Bertz CT molecular complexity index is 587. The van der Waals surface area contributed by atoms with Crippen molar-refractivity contribution in [2.45, 2.75) is 26.3 Å². The summed E-state index contributed by atoms with van der Waals surface area (Å²) in [5, 5.41) is 4.74. The number of benzene rings is 1. The monoisotopic (exact) mass is 281 g/mol. The van der Waals surface area contributed by atoms with Crippen molar-refractivity contribution in [2.24, 2.45) is 12.8 Å². The largest absolute Gasteiger partial charge is 0.324 e. The van der Waals surface area contributed by atoms with Gasteiger partial charge in [-0.15, -0.1) is 0 Å². The highest BCUT2D eigenvalue weighted by Crippen LogP contribution is 2.27. The van der Waals surface area contributed by atoms with Gasteiger partial charge in [0.2, 0.25) is 0 Å². The zero-order valence-corrected chi connectivity index (χ0v) is 12.0. The van der Waals surface area contributed by atoms with E-state index in [0.29, 0.717) is 17.0 Å². The second-order valence-electron chi connectivity index (χ2n) is 4.72. The summed E-state index contributed by atoms with van der Waals surface area (Å²) in [5.41, 5.74) is 9.49. The highest BCUT2D eigenvalue weighted by molar-refractivity contribution is 6.31. The zero-order valence-electron chi connectivity index (χ0n) is 11.2. The van der Waals surface area contributed by atoms with Crippen LogP contribution in [0.15, 0.2) is 18.2 Å². The highest BCUT2D eigenvalue weighted by Gasteiger charge is 2.19. The van der Waals surface area contributed by atoms with Gasteiger partial charge in [0.15, 0.2) is 0 Å². The number of aromatic nitrogens is 2. The van der Waals surface area contributed by atoms with Crippen LogP contribution in [-0.4, -0.2) is 9.78 Å². The quantitative estimate of drug-likeness (QED) is 0.940. The van der Waals surface area contributed by atoms with Crippen LogP contribution in [-0.2, 0) is 13.5 Å². The molecular formula is C14H17ClFN3. The first-order chi connectivity index (χ1) is 8.91. The van der Waals surface area contributed by atoms with Gasteiger partial charge in [0, 0.05) is 34.9 Å². The predicted octanol–water partition coefficient (Wildman–Crippen LogP) is 3.07. The van der Waals surface area contributed by atoms with Crippen LogP contribution in [0.4, 0.5) is 4.39 Å². The fourth-order valence-corrected chi connectivity index (χ4v) is 2.62. The summed E-state index contributed by atoms with van der Waals surface area (Å²) < 4.78 is 15.6. The first-order valence-electron chi connectivity index (χ1n) is 6.10. The standard InChI is InChI=1S/C14H17ClFN3/c1-8-14(9(2)19(3)18-8)13(17)7-10-11(15)5-4-6-12(10)16/h4-6,13H,7,17H2,1-3H3. The summed E-state index contributed by atoms with van der Waals surface area (Å²) in [6.07, 6.45) is 0.360. The molecule has 2 aromatic rings. The minimum Gasteiger partial charge on any atom is -0.324 e. The van der Waals surface area contributed by atoms with Gasteiger partial charge >= 0.3 is 0 Å². The molecule has 2 rings (SSSR count). The van der Waals surface area contributed by atoms with Crippen molar-refractivity contribution in [1.29, 1.82) is 0 Å². The first-order valence-corrected chi connectivity index (χ1v) is 6.48. The Kier molecular flexibility index (Phi) is 3.92. The Hall–Kier alpha value is -1.39. The summed E-state index contributed by atoms with van der Waals surface area (Å²) in [5.74, 6) is -0.317. The molecule has 0 amide bonds. The number of aryl methyl sites for hydroxylation is 2. The lowest BCUT2D eigenvalue weighted by Crippen LogP contribution is -2.16. The minimum atomic E-state index is -0.317. The molecule has 0 saturated heterocycles. The van der Waals surface area contributed by atoms with Crippen molar-refractivity contribution in [3.8, 4) is 0 Å². The van der Waals surface area contributed by atoms with E-state index in [-0.39, 0.29) is 11.9 Å². The number of rotatable bonds is 3. The molecule has 2 N–H and O–H groups in total. The molecule has 0 bridgehead atoms. The van der Waals surface area contributed by atoms with Gasteiger partial charge in [-0.2, -0.15) is 5.10 Å². The molecule has 102 valence electrons. The molecule has 0 fully saturated rings. The molecule has 0 radical (unpaired) electrons. The normalized spacial score (nSPS) is 12.7. The van der Waals surface area contributed by atoms with Crippen LogP contribution < -0.4 is 5.73 Å². The fraction of sp³-hybridized carbons (Fsp3) is 0.357. The predicted molar refractivity (Wildman–Crippen MR) is 74.7 cm³/mol. The lowest BCUT2D eigenvalue weighted by Gasteiger charge is -2.14. The van der Waals surface area contributed by atoms with Gasteiger partial charge in [0.25, 0.3) is 0 Å². The van der Waals surface area contributed by atoms with E-state index in [4.69, 9.17) is 17.3 Å². The van der Waals surface area contributed by atoms with Crippen LogP contribution in [0.25, 0.3) is 0 Å². The van der Waals surface area contributed by atoms with Crippen LogP contribution in [0.1, 0.15) is 28.6 Å². The molecule has 1 atom stereocenters. The molecule has 1 aromatic heterocycles. The Labute approximate surface area is 117 Å². The van der Waals surface area contributed by atoms with E-state index < -0.39 is 0 Å². The summed E-state index contributed by atoms with van der Waals surface area (Å²) in [7, 11) is 1.87. The molecule has 1 heterocycles. The van der Waals surface area contributed by atoms with Gasteiger partial charge in [-0.05, 0) is 32.4 Å². The average Bonchev–Trinajstić information content (AvgIpc) is 2.58. The SMILES string of the molecule is Cc1nn(C)c(C)c1C(N)Cc1c(F)cccc1Cl. The van der Waals surface area contributed by atoms with Crippen LogP contribution in [0.5, 0.6) is 0 Å². The van der Waals surface area contributed by atoms with Gasteiger partial charge in [0.1, 0.15) is 5.82 Å². The van der Waals surface area contributed by atoms with Crippen molar-refractivity contribution >= 4 is 11.6 Å². The summed E-state index contributed by atoms with van der Waals surface area (Å²) in [4.78, 5) is 0. The maximum absolute atomic E-state index is 13.8. The lowest BCUT2D eigenvalue weighted by molar-refractivity contribution is 0.592. The second-order valence-corrected chi connectivity index (χ2v) is 5.13. The Balaban J connectivity index is 2.33. The van der Waals surface area contributed by atoms with Crippen LogP contribution in [0, 0.1) is 19.7 Å². The second kappa shape index (κ2) is 5.31. The third kappa shape index (κ3) is 2.65. The van der Waals surface area contributed by atoms with Crippen molar-refractivity contribution < 1.29 is 4.39 Å². The van der Waals surface area contributed by atoms with Crippen molar-refractivity contribution in [3.63, 3.8) is 0 Å². The number of halogens is 2. The number of hydrogen-bond donors (Lipinski definition) is 1. The Morgan fingerprint density at radius 2 is 2.11 bits per heavy atom. The molecule has 1 unspecified atom stereocenters. The Morgan fingerprint density at radius 3 is 2.63 bits per heavy atom. The van der Waals surface area contributed by atoms with E-state index in [1.807, 2.05) is 20.9 Å². The molecule has 19 heavy (non-hydrogen) atoms. The topological polar surface area (TPSA) is 43.8 Å². The molecule has 0 aliphatic rings.